The molecule has 32 heavy (non-hydrogen) atoms. The van der Waals surface area contributed by atoms with Crippen LogP contribution in [0.15, 0.2) is 76.5 Å². The number of amides is 2. The fraction of sp³-hybridized carbons (Fsp3) is 0.154. The Morgan fingerprint density at radius 3 is 2.59 bits per heavy atom. The fourth-order valence-electron chi connectivity index (χ4n) is 3.45. The third-order valence-corrected chi connectivity index (χ3v) is 6.39. The summed E-state index contributed by atoms with van der Waals surface area (Å²) in [6, 6.07) is 21.1. The molecule has 0 bridgehead atoms. The van der Waals surface area contributed by atoms with Crippen molar-refractivity contribution in [2.45, 2.75) is 18.4 Å². The van der Waals surface area contributed by atoms with Crippen molar-refractivity contribution in [3.05, 3.63) is 93.9 Å². The molecule has 5 nitrogen and oxygen atoms in total. The number of fused-ring (bicyclic) bond motifs is 1. The van der Waals surface area contributed by atoms with E-state index in [9.17, 15) is 9.59 Å². The Hall–Kier alpha value is -3.51. The van der Waals surface area contributed by atoms with Gasteiger partial charge in [0, 0.05) is 29.6 Å². The van der Waals surface area contributed by atoms with Gasteiger partial charge in [-0.25, -0.2) is 0 Å². The van der Waals surface area contributed by atoms with Gasteiger partial charge in [0.05, 0.1) is 17.7 Å². The van der Waals surface area contributed by atoms with Crippen LogP contribution in [-0.2, 0) is 11.3 Å². The maximum absolute atomic E-state index is 13.0. The van der Waals surface area contributed by atoms with E-state index < -0.39 is 0 Å². The molecule has 0 saturated heterocycles. The van der Waals surface area contributed by atoms with Crippen molar-refractivity contribution in [1.29, 1.82) is 0 Å². The van der Waals surface area contributed by atoms with Crippen LogP contribution in [0, 0.1) is 6.92 Å². The van der Waals surface area contributed by atoms with Crippen molar-refractivity contribution in [2.24, 2.45) is 0 Å². The molecule has 1 heterocycles. The molecule has 1 aliphatic rings. The number of para-hydroxylation sites is 1. The maximum Gasteiger partial charge on any atom is 0.264 e. The quantitative estimate of drug-likeness (QED) is 0.560. The zero-order valence-corrected chi connectivity index (χ0v) is 19.0. The summed E-state index contributed by atoms with van der Waals surface area (Å²) in [5, 5.41) is 2.95. The minimum Gasteiger partial charge on any atom is -0.496 e. The highest BCUT2D eigenvalue weighted by atomic mass is 32.2. The first-order valence-electron chi connectivity index (χ1n) is 10.2. The first kappa shape index (κ1) is 21.7. The zero-order chi connectivity index (χ0) is 22.7. The molecule has 1 aliphatic heterocycles. The molecule has 3 aromatic rings. The van der Waals surface area contributed by atoms with E-state index in [0.717, 1.165) is 21.7 Å². The number of aryl methyl sites for hydroxylation is 1. The number of hydrogen-bond donors (Lipinski definition) is 1. The lowest BCUT2D eigenvalue weighted by atomic mass is 10.1. The maximum atomic E-state index is 13.0. The highest BCUT2D eigenvalue weighted by Crippen LogP contribution is 2.42. The second-order valence-electron chi connectivity index (χ2n) is 7.57. The number of anilines is 1. The van der Waals surface area contributed by atoms with E-state index in [4.69, 9.17) is 4.74 Å². The third kappa shape index (κ3) is 4.55. The van der Waals surface area contributed by atoms with Gasteiger partial charge in [-0.3, -0.25) is 9.59 Å². The minimum atomic E-state index is -0.172. The summed E-state index contributed by atoms with van der Waals surface area (Å²) >= 11 is 1.40. The monoisotopic (exact) mass is 444 g/mol. The summed E-state index contributed by atoms with van der Waals surface area (Å²) in [5.41, 5.74) is 4.30. The van der Waals surface area contributed by atoms with Crippen LogP contribution in [-0.4, -0.2) is 26.0 Å². The van der Waals surface area contributed by atoms with Crippen LogP contribution >= 0.6 is 11.8 Å². The molecule has 0 atom stereocenters. The number of rotatable bonds is 5. The van der Waals surface area contributed by atoms with Crippen molar-refractivity contribution in [1.82, 2.24) is 5.32 Å². The van der Waals surface area contributed by atoms with Crippen LogP contribution in [0.1, 0.15) is 27.0 Å². The number of ether oxygens (including phenoxy) is 1. The molecule has 2 amide bonds. The van der Waals surface area contributed by atoms with Gasteiger partial charge in [0.25, 0.3) is 11.8 Å². The Morgan fingerprint density at radius 1 is 1.09 bits per heavy atom. The number of benzene rings is 3. The van der Waals surface area contributed by atoms with Gasteiger partial charge in [-0.15, -0.1) is 0 Å². The fourth-order valence-corrected chi connectivity index (χ4v) is 4.54. The molecule has 0 unspecified atom stereocenters. The number of likely N-dealkylation sites (N-methyl/N-ethyl adjacent to an activating group) is 1. The van der Waals surface area contributed by atoms with Gasteiger partial charge >= 0.3 is 0 Å². The number of carbonyl (C=O) groups is 2. The van der Waals surface area contributed by atoms with Crippen LogP contribution in [0.2, 0.25) is 0 Å². The van der Waals surface area contributed by atoms with Gasteiger partial charge in [-0.05, 0) is 42.8 Å². The van der Waals surface area contributed by atoms with Crippen LogP contribution in [0.5, 0.6) is 5.75 Å². The second kappa shape index (κ2) is 9.32. The van der Waals surface area contributed by atoms with Crippen LogP contribution in [0.4, 0.5) is 5.69 Å². The molecule has 6 heteroatoms. The van der Waals surface area contributed by atoms with Crippen LogP contribution in [0.3, 0.4) is 0 Å². The predicted molar refractivity (Wildman–Crippen MR) is 129 cm³/mol. The van der Waals surface area contributed by atoms with Gasteiger partial charge in [-0.1, -0.05) is 59.8 Å². The summed E-state index contributed by atoms with van der Waals surface area (Å²) < 4.78 is 5.40. The molecular weight excluding hydrogens is 420 g/mol. The minimum absolute atomic E-state index is 0.120. The Labute approximate surface area is 192 Å². The molecule has 0 spiro atoms. The Bertz CT molecular complexity index is 1200. The molecule has 1 N–H and O–H groups in total. The molecule has 0 aromatic heterocycles. The van der Waals surface area contributed by atoms with Crippen molar-refractivity contribution in [3.8, 4) is 5.75 Å². The van der Waals surface area contributed by atoms with E-state index in [2.05, 4.69) is 5.32 Å². The Kier molecular flexibility index (Phi) is 6.32. The number of nitrogens with zero attached hydrogens (tertiary/aromatic N) is 1. The summed E-state index contributed by atoms with van der Waals surface area (Å²) in [7, 11) is 3.34. The first-order chi connectivity index (χ1) is 15.5. The first-order valence-corrected chi connectivity index (χ1v) is 11.1. The molecule has 3 aromatic carbocycles. The van der Waals surface area contributed by atoms with Gasteiger partial charge in [0.1, 0.15) is 5.75 Å². The average Bonchev–Trinajstić information content (AvgIpc) is 2.82. The van der Waals surface area contributed by atoms with Gasteiger partial charge in [-0.2, -0.15) is 0 Å². The van der Waals surface area contributed by atoms with Gasteiger partial charge in [0.2, 0.25) is 0 Å². The number of thioether (sulfide) groups is 1. The molecule has 162 valence electrons. The van der Waals surface area contributed by atoms with E-state index in [0.29, 0.717) is 22.8 Å². The molecule has 0 saturated carbocycles. The molecule has 4 rings (SSSR count). The summed E-state index contributed by atoms with van der Waals surface area (Å²) in [4.78, 5) is 28.8. The van der Waals surface area contributed by atoms with Crippen molar-refractivity contribution < 1.29 is 14.3 Å². The third-order valence-electron chi connectivity index (χ3n) is 5.32. The number of hydrogen-bond acceptors (Lipinski definition) is 4. The lowest BCUT2D eigenvalue weighted by Gasteiger charge is -2.27. The Balaban J connectivity index is 1.54. The Morgan fingerprint density at radius 2 is 1.84 bits per heavy atom. The van der Waals surface area contributed by atoms with E-state index in [1.165, 1.54) is 17.3 Å². The van der Waals surface area contributed by atoms with E-state index in [1.54, 1.807) is 31.2 Å². The number of nitrogens with one attached hydrogen (secondary N) is 1. The number of methoxy groups -OCH3 is 1. The largest absolute Gasteiger partial charge is 0.496 e. The van der Waals surface area contributed by atoms with E-state index >= 15 is 0 Å². The molecule has 0 fully saturated rings. The summed E-state index contributed by atoms with van der Waals surface area (Å²) in [5.74, 6) is 0.419. The van der Waals surface area contributed by atoms with Crippen LogP contribution < -0.4 is 15.0 Å². The summed E-state index contributed by atoms with van der Waals surface area (Å²) in [6.07, 6.45) is 1.84. The summed E-state index contributed by atoms with van der Waals surface area (Å²) in [6.45, 7) is 2.48. The predicted octanol–water partition coefficient (Wildman–Crippen LogP) is 5.04. The SMILES string of the molecule is COc1ccccc1/C=C1/Sc2ccc(C(=O)NCc3ccc(C)cc3)cc2N(C)C1=O. The molecular formula is C26H24N2O3S. The topological polar surface area (TPSA) is 58.6 Å². The molecule has 0 aliphatic carbocycles. The number of carbonyl (C=O) groups excluding carboxylic acids is 2. The molecule has 0 radical (unpaired) electrons. The average molecular weight is 445 g/mol. The second-order valence-corrected chi connectivity index (χ2v) is 8.65. The lowest BCUT2D eigenvalue weighted by Crippen LogP contribution is -2.31. The van der Waals surface area contributed by atoms with E-state index in [-0.39, 0.29) is 11.8 Å². The van der Waals surface area contributed by atoms with Gasteiger partial charge in [0.15, 0.2) is 0 Å². The zero-order valence-electron chi connectivity index (χ0n) is 18.2. The van der Waals surface area contributed by atoms with Crippen molar-refractivity contribution in [3.63, 3.8) is 0 Å². The smallest absolute Gasteiger partial charge is 0.264 e. The van der Waals surface area contributed by atoms with Crippen molar-refractivity contribution >= 4 is 35.3 Å². The standard InChI is InChI=1S/C26H24N2O3S/c1-17-8-10-18(11-9-17)16-27-25(29)20-12-13-23-21(14-20)28(2)26(30)24(32-23)15-19-6-4-5-7-22(19)31-3/h4-15H,16H2,1-3H3,(H,27,29)/b24-15+. The normalized spacial score (nSPS) is 14.3. The van der Waals surface area contributed by atoms with Crippen molar-refractivity contribution in [2.75, 3.05) is 19.1 Å². The lowest BCUT2D eigenvalue weighted by molar-refractivity contribution is -0.114. The van der Waals surface area contributed by atoms with Gasteiger partial charge < -0.3 is 15.0 Å². The van der Waals surface area contributed by atoms with E-state index in [1.807, 2.05) is 67.6 Å². The van der Waals surface area contributed by atoms with Crippen LogP contribution in [0.25, 0.3) is 6.08 Å². The highest BCUT2D eigenvalue weighted by Gasteiger charge is 2.27. The highest BCUT2D eigenvalue weighted by molar-refractivity contribution is 8.04.